The third-order valence-corrected chi connectivity index (χ3v) is 7.14. The summed E-state index contributed by atoms with van der Waals surface area (Å²) >= 11 is -3.94. The van der Waals surface area contributed by atoms with Crippen molar-refractivity contribution in [1.29, 1.82) is 0 Å². The Morgan fingerprint density at radius 1 is 0.906 bits per heavy atom. The van der Waals surface area contributed by atoms with Crippen LogP contribution in [0.15, 0.2) is 66.0 Å². The highest BCUT2D eigenvalue weighted by Gasteiger charge is 2.30. The second-order valence-corrected chi connectivity index (χ2v) is 9.68. The first-order valence-corrected chi connectivity index (χ1v) is 12.4. The van der Waals surface area contributed by atoms with Gasteiger partial charge >= 0.3 is 5.97 Å². The molecule has 3 atom stereocenters. The molecule has 0 amide bonds. The molecule has 11 heteroatoms. The minimum Gasteiger partial charge on any atom is -0.755 e. The van der Waals surface area contributed by atoms with Crippen molar-refractivity contribution < 1.29 is 27.4 Å². The van der Waals surface area contributed by atoms with E-state index in [2.05, 4.69) is 0 Å². The van der Waals surface area contributed by atoms with E-state index in [1.165, 1.54) is 15.6 Å². The number of carbonyl (C=O) groups is 1. The maximum absolute atomic E-state index is 11.8. The number of carboxylic acid groups (broad SMARTS) is 1. The second kappa shape index (κ2) is 10.4. The zero-order valence-electron chi connectivity index (χ0n) is 17.1. The number of nitrogens with zero attached hydrogens (tertiary/aromatic N) is 2. The zero-order valence-corrected chi connectivity index (χ0v) is 19.6. The highest BCUT2D eigenvalue weighted by Crippen LogP contribution is 2.33. The maximum Gasteiger partial charge on any atom is 0.327 e. The fraction of sp³-hybridized carbons (Fsp3) is 0.190. The van der Waals surface area contributed by atoms with Crippen LogP contribution >= 0.6 is 11.3 Å². The fourth-order valence-electron chi connectivity index (χ4n) is 3.26. The molecule has 0 saturated carbocycles. The molecule has 0 spiro atoms. The summed E-state index contributed by atoms with van der Waals surface area (Å²) in [7, 11) is 0. The van der Waals surface area contributed by atoms with Gasteiger partial charge in [0.2, 0.25) is 0 Å². The molecule has 1 N–H and O–H groups in total. The third kappa shape index (κ3) is 5.25. The molecule has 3 unspecified atom stereocenters. The zero-order chi connectivity index (χ0) is 23.4. The van der Waals surface area contributed by atoms with Crippen molar-refractivity contribution in [3.63, 3.8) is 0 Å². The van der Waals surface area contributed by atoms with Crippen LogP contribution in [0.4, 0.5) is 16.4 Å². The van der Waals surface area contributed by atoms with E-state index in [1.807, 2.05) is 0 Å². The number of anilines is 3. The molecule has 1 heterocycles. The van der Waals surface area contributed by atoms with E-state index < -0.39 is 40.5 Å². The van der Waals surface area contributed by atoms with Gasteiger partial charge in [-0.05, 0) is 58.8 Å². The number of hydrogen-bond donors (Lipinski definition) is 1. The molecular weight excluding hydrogens is 472 g/mol. The molecule has 0 fully saturated rings. The molecule has 8 nitrogen and oxygen atoms in total. The number of hydrogen-bond acceptors (Lipinski definition) is 6. The molecule has 0 bridgehead atoms. The van der Waals surface area contributed by atoms with Crippen LogP contribution in [0.3, 0.4) is 0 Å². The first-order chi connectivity index (χ1) is 15.2. The predicted octanol–water partition coefficient (Wildman–Crippen LogP) is 4.06. The number of rotatable bonds is 9. The smallest absolute Gasteiger partial charge is 0.327 e. The lowest BCUT2D eigenvalue weighted by molar-refractivity contribution is -0.139. The molecule has 170 valence electrons. The third-order valence-electron chi connectivity index (χ3n) is 4.71. The maximum atomic E-state index is 11.8. The number of carboxylic acids is 1. The van der Waals surface area contributed by atoms with Crippen LogP contribution in [0.25, 0.3) is 11.1 Å². The summed E-state index contributed by atoms with van der Waals surface area (Å²) in [6.07, 6.45) is 0. The van der Waals surface area contributed by atoms with Gasteiger partial charge in [-0.2, -0.15) is 0 Å². The highest BCUT2D eigenvalue weighted by atomic mass is 32.2. The summed E-state index contributed by atoms with van der Waals surface area (Å²) in [4.78, 5) is 11.6. The Hall–Kier alpha value is -2.57. The minimum atomic E-state index is -2.76. The molecule has 3 aromatic rings. The SMILES string of the molecule is CC(C)C(C(=O)O)N(c1ccc(-c2ccc(N(c3cccs3)S(=O)[O-])cc2)cc1)S(=O)[O-]. The lowest BCUT2D eigenvalue weighted by Gasteiger charge is -2.34. The Balaban J connectivity index is 1.88. The standard InChI is InChI=1S/C21H22N2O6S3/c1-14(2)20(21(24)25)23(32(28)29)18-11-7-16(8-12-18)15-5-9-17(10-6-15)22(31(26)27)19-4-3-13-30-19/h3-14,20H,1-2H3,(H,24,25)(H,26,27)(H,28,29)/p-2. The number of aliphatic carboxylic acids is 1. The van der Waals surface area contributed by atoms with Gasteiger partial charge in [0.05, 0.1) is 17.0 Å². The summed E-state index contributed by atoms with van der Waals surface area (Å²) in [5.41, 5.74) is 2.27. The Morgan fingerprint density at radius 3 is 1.81 bits per heavy atom. The van der Waals surface area contributed by atoms with Crippen molar-refractivity contribution in [1.82, 2.24) is 0 Å². The van der Waals surface area contributed by atoms with Gasteiger partial charge in [-0.3, -0.25) is 17.0 Å². The van der Waals surface area contributed by atoms with E-state index in [4.69, 9.17) is 0 Å². The first-order valence-electron chi connectivity index (χ1n) is 9.45. The molecule has 3 rings (SSSR count). The van der Waals surface area contributed by atoms with Gasteiger partial charge in [-0.1, -0.05) is 38.1 Å². The quantitative estimate of drug-likeness (QED) is 0.449. The van der Waals surface area contributed by atoms with E-state index >= 15 is 0 Å². The van der Waals surface area contributed by atoms with Gasteiger partial charge in [0.1, 0.15) is 11.0 Å². The van der Waals surface area contributed by atoms with Gasteiger partial charge < -0.3 is 14.2 Å². The Bertz CT molecular complexity index is 1100. The largest absolute Gasteiger partial charge is 0.755 e. The van der Waals surface area contributed by atoms with Crippen LogP contribution in [0.2, 0.25) is 0 Å². The van der Waals surface area contributed by atoms with Crippen molar-refractivity contribution in [2.75, 3.05) is 8.61 Å². The summed E-state index contributed by atoms with van der Waals surface area (Å²) in [5.74, 6) is -1.66. The summed E-state index contributed by atoms with van der Waals surface area (Å²) in [6.45, 7) is 3.28. The van der Waals surface area contributed by atoms with Crippen molar-refractivity contribution in [3.8, 4) is 11.1 Å². The molecule has 2 aromatic carbocycles. The molecule has 32 heavy (non-hydrogen) atoms. The van der Waals surface area contributed by atoms with Crippen molar-refractivity contribution in [3.05, 3.63) is 66.0 Å². The van der Waals surface area contributed by atoms with Gasteiger partial charge in [0.25, 0.3) is 0 Å². The molecule has 0 aliphatic heterocycles. The van der Waals surface area contributed by atoms with E-state index in [0.717, 1.165) is 15.4 Å². The molecule has 1 aromatic heterocycles. The average Bonchev–Trinajstić information content (AvgIpc) is 3.26. The van der Waals surface area contributed by atoms with Crippen molar-refractivity contribution in [2.24, 2.45) is 5.92 Å². The van der Waals surface area contributed by atoms with E-state index in [1.54, 1.807) is 79.9 Å². The Labute approximate surface area is 195 Å². The molecule has 0 saturated heterocycles. The molecule has 0 aliphatic rings. The monoisotopic (exact) mass is 492 g/mol. The molecule has 0 aliphatic carbocycles. The lowest BCUT2D eigenvalue weighted by atomic mass is 10.0. The van der Waals surface area contributed by atoms with Crippen molar-refractivity contribution in [2.45, 2.75) is 19.9 Å². The van der Waals surface area contributed by atoms with Gasteiger partial charge in [0, 0.05) is 17.0 Å². The van der Waals surface area contributed by atoms with Crippen molar-refractivity contribution >= 4 is 56.2 Å². The second-order valence-electron chi connectivity index (χ2n) is 7.13. The van der Waals surface area contributed by atoms with Gasteiger partial charge in [0.15, 0.2) is 0 Å². The lowest BCUT2D eigenvalue weighted by Crippen LogP contribution is -2.45. The van der Waals surface area contributed by atoms with Crippen LogP contribution in [0.1, 0.15) is 13.8 Å². The molecular formula is C21H20N2O6S3-2. The van der Waals surface area contributed by atoms with Gasteiger partial charge in [-0.25, -0.2) is 4.79 Å². The van der Waals surface area contributed by atoms with E-state index in [0.29, 0.717) is 10.7 Å². The van der Waals surface area contributed by atoms with E-state index in [9.17, 15) is 27.4 Å². The van der Waals surface area contributed by atoms with Crippen LogP contribution in [0.5, 0.6) is 0 Å². The first kappa shape index (κ1) is 24.1. The summed E-state index contributed by atoms with van der Waals surface area (Å²) < 4.78 is 49.0. The van der Waals surface area contributed by atoms with Crippen LogP contribution < -0.4 is 8.61 Å². The molecule has 0 radical (unpaired) electrons. The van der Waals surface area contributed by atoms with Gasteiger partial charge in [-0.15, -0.1) is 11.3 Å². The number of thiophene rings is 1. The summed E-state index contributed by atoms with van der Waals surface area (Å²) in [6, 6.07) is 15.6. The normalized spacial score (nSPS) is 14.0. The fourth-order valence-corrected chi connectivity index (χ4v) is 5.54. The average molecular weight is 493 g/mol. The summed E-state index contributed by atoms with van der Waals surface area (Å²) in [5, 5.41) is 11.8. The minimum absolute atomic E-state index is 0.241. The van der Waals surface area contributed by atoms with Crippen LogP contribution in [-0.4, -0.2) is 34.6 Å². The number of benzene rings is 2. The van der Waals surface area contributed by atoms with Crippen LogP contribution in [-0.2, 0) is 27.3 Å². The Kier molecular flexibility index (Phi) is 7.80. The van der Waals surface area contributed by atoms with Crippen LogP contribution in [0, 0.1) is 5.92 Å². The van der Waals surface area contributed by atoms with E-state index in [-0.39, 0.29) is 5.69 Å². The topological polar surface area (TPSA) is 124 Å². The Morgan fingerprint density at radius 2 is 1.44 bits per heavy atom. The predicted molar refractivity (Wildman–Crippen MR) is 125 cm³/mol. The highest BCUT2D eigenvalue weighted by molar-refractivity contribution is 7.81.